The van der Waals surface area contributed by atoms with Crippen molar-refractivity contribution in [1.29, 1.82) is 5.41 Å². The highest BCUT2D eigenvalue weighted by atomic mass is 32.2. The van der Waals surface area contributed by atoms with E-state index in [-0.39, 0.29) is 22.4 Å². The summed E-state index contributed by atoms with van der Waals surface area (Å²) in [5.74, 6) is -1.78. The highest BCUT2D eigenvalue weighted by Gasteiger charge is 2.19. The monoisotopic (exact) mass is 534 g/mol. The Morgan fingerprint density at radius 3 is 2.47 bits per heavy atom. The molecule has 13 nitrogen and oxygen atoms in total. The molecule has 0 aliphatic heterocycles. The van der Waals surface area contributed by atoms with Crippen LogP contribution in [-0.2, 0) is 14.8 Å². The predicted molar refractivity (Wildman–Crippen MR) is 138 cm³/mol. The maximum atomic E-state index is 13.1. The predicted octanol–water partition coefficient (Wildman–Crippen LogP) is 1.54. The number of carbonyl (C=O) groups excluding carboxylic acids is 1. The van der Waals surface area contributed by atoms with Crippen molar-refractivity contribution in [2.75, 3.05) is 11.9 Å². The van der Waals surface area contributed by atoms with Crippen molar-refractivity contribution >= 4 is 33.7 Å². The molecule has 0 saturated carbocycles. The maximum Gasteiger partial charge on any atom is 0.322 e. The number of hydrogen-bond donors (Lipinski definition) is 5. The van der Waals surface area contributed by atoms with Crippen LogP contribution in [0.3, 0.4) is 0 Å². The number of carbonyl (C=O) groups is 2. The fourth-order valence-corrected chi connectivity index (χ4v) is 4.33. The van der Waals surface area contributed by atoms with E-state index in [1.165, 1.54) is 23.1 Å². The van der Waals surface area contributed by atoms with Gasteiger partial charge in [0.05, 0.1) is 16.3 Å². The first-order valence-corrected chi connectivity index (χ1v) is 12.5. The molecule has 0 spiro atoms. The molecule has 194 valence electrons. The fraction of sp³-hybridized carbons (Fsp3) is 0.0833. The molecule has 0 saturated heterocycles. The topological polar surface area (TPSA) is 206 Å². The van der Waals surface area contributed by atoms with Crippen molar-refractivity contribution in [3.8, 4) is 16.8 Å². The van der Waals surface area contributed by atoms with Gasteiger partial charge in [0.1, 0.15) is 18.1 Å². The second kappa shape index (κ2) is 10.6. The largest absolute Gasteiger partial charge is 0.480 e. The second-order valence-corrected chi connectivity index (χ2v) is 9.58. The zero-order chi connectivity index (χ0) is 27.4. The van der Waals surface area contributed by atoms with Crippen molar-refractivity contribution in [2.45, 2.75) is 11.8 Å². The van der Waals surface area contributed by atoms with Gasteiger partial charge in [-0.2, -0.15) is 5.10 Å². The van der Waals surface area contributed by atoms with E-state index >= 15 is 0 Å². The smallest absolute Gasteiger partial charge is 0.322 e. The van der Waals surface area contributed by atoms with Gasteiger partial charge in [0.15, 0.2) is 0 Å². The molecule has 14 heteroatoms. The molecule has 0 unspecified atom stereocenters. The van der Waals surface area contributed by atoms with Gasteiger partial charge in [0, 0.05) is 29.1 Å². The standard InChI is InChI=1S/C24H22N8O5S/c1-14-9-19(32(31-14)17-6-4-5-15(10-17)22(25)27-13-21(33)34)23(35)30-24-28-11-16(12-29-24)18-7-2-3-8-20(18)38(26,36)37/h2-12H,13H2,1H3,(H2,25,27)(H,33,34)(H2,26,36,37)(H,28,29,30,35). The molecule has 38 heavy (non-hydrogen) atoms. The van der Waals surface area contributed by atoms with Gasteiger partial charge in [-0.05, 0) is 31.2 Å². The number of aromatic nitrogens is 4. The number of anilines is 1. The number of primary sulfonamides is 1. The summed E-state index contributed by atoms with van der Waals surface area (Å²) in [6.45, 7) is 1.30. The molecule has 4 aromatic rings. The van der Waals surface area contributed by atoms with Crippen molar-refractivity contribution in [1.82, 2.24) is 25.1 Å². The van der Waals surface area contributed by atoms with E-state index in [0.29, 0.717) is 28.1 Å². The first-order valence-electron chi connectivity index (χ1n) is 11.0. The number of amides is 1. The van der Waals surface area contributed by atoms with Crippen LogP contribution in [0.2, 0.25) is 0 Å². The molecule has 0 aliphatic carbocycles. The van der Waals surface area contributed by atoms with Crippen LogP contribution in [0.4, 0.5) is 5.95 Å². The number of carboxylic acid groups (broad SMARTS) is 1. The van der Waals surface area contributed by atoms with Crippen LogP contribution >= 0.6 is 0 Å². The number of carboxylic acids is 1. The average molecular weight is 535 g/mol. The summed E-state index contributed by atoms with van der Waals surface area (Å²) in [4.78, 5) is 32.1. The van der Waals surface area contributed by atoms with Gasteiger partial charge in [0.25, 0.3) is 5.91 Å². The molecular formula is C24H22N8O5S. The second-order valence-electron chi connectivity index (χ2n) is 8.05. The van der Waals surface area contributed by atoms with E-state index in [1.54, 1.807) is 55.5 Å². The Kier molecular flexibility index (Phi) is 7.27. The van der Waals surface area contributed by atoms with Crippen molar-refractivity contribution in [2.24, 2.45) is 5.14 Å². The molecule has 0 bridgehead atoms. The number of aliphatic carboxylic acids is 1. The average Bonchev–Trinajstić information content (AvgIpc) is 3.29. The van der Waals surface area contributed by atoms with Gasteiger partial charge in [-0.25, -0.2) is 28.2 Å². The van der Waals surface area contributed by atoms with Crippen LogP contribution in [0.5, 0.6) is 0 Å². The summed E-state index contributed by atoms with van der Waals surface area (Å²) in [5, 5.41) is 31.6. The first-order chi connectivity index (χ1) is 18.0. The number of benzene rings is 2. The van der Waals surface area contributed by atoms with Crippen molar-refractivity contribution < 1.29 is 23.1 Å². The van der Waals surface area contributed by atoms with E-state index in [1.807, 2.05) is 0 Å². The van der Waals surface area contributed by atoms with E-state index in [4.69, 9.17) is 15.7 Å². The summed E-state index contributed by atoms with van der Waals surface area (Å²) >= 11 is 0. The Labute approximate surface area is 216 Å². The molecule has 0 fully saturated rings. The van der Waals surface area contributed by atoms with Gasteiger partial charge >= 0.3 is 5.97 Å². The minimum absolute atomic E-state index is 0.0226. The quantitative estimate of drug-likeness (QED) is 0.164. The molecule has 0 radical (unpaired) electrons. The zero-order valence-corrected chi connectivity index (χ0v) is 20.7. The highest BCUT2D eigenvalue weighted by molar-refractivity contribution is 7.89. The molecule has 2 aromatic heterocycles. The third kappa shape index (κ3) is 5.88. The number of nitrogens with zero attached hydrogens (tertiary/aromatic N) is 4. The Bertz CT molecular complexity index is 1650. The lowest BCUT2D eigenvalue weighted by Gasteiger charge is -2.11. The third-order valence-electron chi connectivity index (χ3n) is 5.24. The highest BCUT2D eigenvalue weighted by Crippen LogP contribution is 2.25. The van der Waals surface area contributed by atoms with Gasteiger partial charge in [-0.15, -0.1) is 0 Å². The fourth-order valence-electron chi connectivity index (χ4n) is 3.57. The normalized spacial score (nSPS) is 11.1. The van der Waals surface area contributed by atoms with Crippen LogP contribution in [0.25, 0.3) is 16.8 Å². The van der Waals surface area contributed by atoms with E-state index in [2.05, 4.69) is 25.7 Å². The van der Waals surface area contributed by atoms with Gasteiger partial charge < -0.3 is 10.4 Å². The van der Waals surface area contributed by atoms with Crippen LogP contribution in [0.1, 0.15) is 21.7 Å². The van der Waals surface area contributed by atoms with Gasteiger partial charge in [-0.3, -0.25) is 20.3 Å². The Hall–Kier alpha value is -4.95. The summed E-state index contributed by atoms with van der Waals surface area (Å²) in [6.07, 6.45) is 2.74. The number of rotatable bonds is 8. The van der Waals surface area contributed by atoms with Gasteiger partial charge in [0.2, 0.25) is 16.0 Å². The molecular weight excluding hydrogens is 512 g/mol. The first kappa shape index (κ1) is 26.1. The number of sulfonamides is 1. The van der Waals surface area contributed by atoms with E-state index < -0.39 is 28.4 Å². The van der Waals surface area contributed by atoms with Crippen molar-refractivity contribution in [3.05, 3.63) is 83.9 Å². The van der Waals surface area contributed by atoms with E-state index in [0.717, 1.165) is 0 Å². The minimum Gasteiger partial charge on any atom is -0.480 e. The van der Waals surface area contributed by atoms with Crippen LogP contribution in [0, 0.1) is 12.3 Å². The molecule has 4 rings (SSSR count). The number of hydrogen-bond acceptors (Lipinski definition) is 8. The molecule has 2 heterocycles. The van der Waals surface area contributed by atoms with Crippen LogP contribution in [-0.4, -0.2) is 57.5 Å². The summed E-state index contributed by atoms with van der Waals surface area (Å²) < 4.78 is 25.2. The zero-order valence-electron chi connectivity index (χ0n) is 19.9. The lowest BCUT2D eigenvalue weighted by Crippen LogP contribution is -2.29. The Morgan fingerprint density at radius 2 is 1.79 bits per heavy atom. The molecule has 0 aliphatic rings. The summed E-state index contributed by atoms with van der Waals surface area (Å²) in [5.41, 5.74) is 2.31. The Balaban J connectivity index is 1.57. The number of nitrogens with one attached hydrogen (secondary N) is 3. The van der Waals surface area contributed by atoms with E-state index in [9.17, 15) is 18.0 Å². The Morgan fingerprint density at radius 1 is 1.08 bits per heavy atom. The third-order valence-corrected chi connectivity index (χ3v) is 6.21. The molecule has 6 N–H and O–H groups in total. The lowest BCUT2D eigenvalue weighted by atomic mass is 10.1. The number of aryl methyl sites for hydroxylation is 1. The number of nitrogens with two attached hydrogens (primary N) is 1. The van der Waals surface area contributed by atoms with Crippen LogP contribution in [0.15, 0.2) is 71.9 Å². The lowest BCUT2D eigenvalue weighted by molar-refractivity contribution is -0.135. The molecule has 0 atom stereocenters. The van der Waals surface area contributed by atoms with Gasteiger partial charge in [-0.1, -0.05) is 30.3 Å². The summed E-state index contributed by atoms with van der Waals surface area (Å²) in [7, 11) is -3.97. The van der Waals surface area contributed by atoms with Crippen molar-refractivity contribution in [3.63, 3.8) is 0 Å². The molecule has 1 amide bonds. The molecule has 2 aromatic carbocycles. The van der Waals surface area contributed by atoms with Crippen LogP contribution < -0.4 is 15.8 Å². The number of amidine groups is 1. The minimum atomic E-state index is -3.97. The maximum absolute atomic E-state index is 13.1. The summed E-state index contributed by atoms with van der Waals surface area (Å²) in [6, 6.07) is 14.3. The SMILES string of the molecule is Cc1cc(C(=O)Nc2ncc(-c3ccccc3S(N)(=O)=O)cn2)n(-c2cccc(C(=N)NCC(=O)O)c2)n1.